The van der Waals surface area contributed by atoms with Gasteiger partial charge in [0.25, 0.3) is 11.6 Å². The molecule has 0 aromatic heterocycles. The molecule has 0 saturated carbocycles. The third-order valence-electron chi connectivity index (χ3n) is 4.65. The third kappa shape index (κ3) is 4.04. The van der Waals surface area contributed by atoms with Gasteiger partial charge in [-0.3, -0.25) is 19.7 Å². The van der Waals surface area contributed by atoms with E-state index in [2.05, 4.69) is 15.9 Å². The van der Waals surface area contributed by atoms with E-state index in [4.69, 9.17) is 0 Å². The Hall–Kier alpha value is -2.81. The van der Waals surface area contributed by atoms with Crippen LogP contribution in [0.5, 0.6) is 0 Å². The zero-order valence-electron chi connectivity index (χ0n) is 15.0. The van der Waals surface area contributed by atoms with Crippen molar-refractivity contribution in [2.45, 2.75) is 6.92 Å². The second kappa shape index (κ2) is 8.05. The Kier molecular flexibility index (Phi) is 5.73. The highest BCUT2D eigenvalue weighted by molar-refractivity contribution is 9.10. The second-order valence-electron chi connectivity index (χ2n) is 6.42. The van der Waals surface area contributed by atoms with Crippen LogP contribution in [0.3, 0.4) is 0 Å². The van der Waals surface area contributed by atoms with E-state index in [1.807, 2.05) is 4.90 Å². The van der Waals surface area contributed by atoms with Crippen LogP contribution in [0, 0.1) is 15.9 Å². The van der Waals surface area contributed by atoms with E-state index in [1.54, 1.807) is 17.0 Å². The molecule has 146 valence electrons. The summed E-state index contributed by atoms with van der Waals surface area (Å²) in [4.78, 5) is 37.9. The maximum absolute atomic E-state index is 14.3. The number of nitro groups is 1. The summed E-state index contributed by atoms with van der Waals surface area (Å²) < 4.78 is 14.8. The summed E-state index contributed by atoms with van der Waals surface area (Å²) in [6, 6.07) is 8.42. The summed E-state index contributed by atoms with van der Waals surface area (Å²) in [5.74, 6) is -1.00. The summed E-state index contributed by atoms with van der Waals surface area (Å²) in [5.41, 5.74) is 0.761. The first-order valence-electron chi connectivity index (χ1n) is 8.56. The number of hydrogen-bond donors (Lipinski definition) is 0. The van der Waals surface area contributed by atoms with Gasteiger partial charge in [0.15, 0.2) is 5.78 Å². The molecule has 0 unspecified atom stereocenters. The van der Waals surface area contributed by atoms with Crippen molar-refractivity contribution in [3.8, 4) is 0 Å². The van der Waals surface area contributed by atoms with Crippen molar-refractivity contribution in [1.82, 2.24) is 4.90 Å². The molecule has 0 spiro atoms. The fraction of sp³-hybridized carbons (Fsp3) is 0.263. The Morgan fingerprint density at radius 3 is 2.36 bits per heavy atom. The summed E-state index contributed by atoms with van der Waals surface area (Å²) in [7, 11) is 0. The molecular formula is C19H17BrFN3O4. The van der Waals surface area contributed by atoms with Crippen molar-refractivity contribution in [3.05, 3.63) is 67.9 Å². The van der Waals surface area contributed by atoms with Gasteiger partial charge >= 0.3 is 0 Å². The average Bonchev–Trinajstić information content (AvgIpc) is 2.67. The van der Waals surface area contributed by atoms with Crippen molar-refractivity contribution >= 4 is 39.0 Å². The molecule has 9 heteroatoms. The van der Waals surface area contributed by atoms with Gasteiger partial charge in [0.05, 0.1) is 16.2 Å². The zero-order valence-corrected chi connectivity index (χ0v) is 16.6. The molecule has 2 aromatic carbocycles. The molecule has 28 heavy (non-hydrogen) atoms. The number of benzene rings is 2. The number of hydrogen-bond acceptors (Lipinski definition) is 5. The quantitative estimate of drug-likeness (QED) is 0.404. The van der Waals surface area contributed by atoms with Crippen LogP contribution < -0.4 is 4.90 Å². The van der Waals surface area contributed by atoms with Crippen LogP contribution in [0.2, 0.25) is 0 Å². The number of rotatable bonds is 4. The number of halogens is 2. The Labute approximate surface area is 169 Å². The van der Waals surface area contributed by atoms with Crippen LogP contribution in [0.4, 0.5) is 15.8 Å². The number of nitrogens with zero attached hydrogens (tertiary/aromatic N) is 3. The minimum absolute atomic E-state index is 0.155. The molecule has 1 fully saturated rings. The fourth-order valence-corrected chi connectivity index (χ4v) is 3.51. The Balaban J connectivity index is 1.72. The SMILES string of the molecule is CC(=O)c1ccc(N2CCN(C(=O)c3cc([N+](=O)[O-])ccc3Br)CC2)c(F)c1. The first kappa shape index (κ1) is 19.9. The van der Waals surface area contributed by atoms with Crippen LogP contribution in [0.1, 0.15) is 27.6 Å². The van der Waals surface area contributed by atoms with Gasteiger partial charge in [-0.1, -0.05) is 0 Å². The van der Waals surface area contributed by atoms with Crippen molar-refractivity contribution in [3.63, 3.8) is 0 Å². The highest BCUT2D eigenvalue weighted by Gasteiger charge is 2.26. The second-order valence-corrected chi connectivity index (χ2v) is 7.28. The van der Waals surface area contributed by atoms with Gasteiger partial charge < -0.3 is 9.80 Å². The van der Waals surface area contributed by atoms with Crippen molar-refractivity contribution in [2.75, 3.05) is 31.1 Å². The molecule has 0 atom stereocenters. The minimum atomic E-state index is -0.547. The first-order valence-corrected chi connectivity index (χ1v) is 9.36. The number of piperazine rings is 1. The Bertz CT molecular complexity index is 958. The van der Waals surface area contributed by atoms with Crippen molar-refractivity contribution in [2.24, 2.45) is 0 Å². The molecule has 0 aliphatic carbocycles. The summed E-state index contributed by atoms with van der Waals surface area (Å²) in [5, 5.41) is 11.0. The van der Waals surface area contributed by atoms with Gasteiger partial charge in [-0.05, 0) is 47.1 Å². The van der Waals surface area contributed by atoms with E-state index in [0.29, 0.717) is 41.9 Å². The summed E-state index contributed by atoms with van der Waals surface area (Å²) in [6.07, 6.45) is 0. The normalized spacial score (nSPS) is 14.1. The highest BCUT2D eigenvalue weighted by atomic mass is 79.9. The van der Waals surface area contributed by atoms with Crippen LogP contribution in [-0.4, -0.2) is 47.7 Å². The molecule has 3 rings (SSSR count). The number of nitro benzene ring substituents is 1. The van der Waals surface area contributed by atoms with E-state index < -0.39 is 10.7 Å². The maximum atomic E-state index is 14.3. The molecule has 2 aromatic rings. The molecule has 0 bridgehead atoms. The van der Waals surface area contributed by atoms with E-state index in [9.17, 15) is 24.1 Å². The maximum Gasteiger partial charge on any atom is 0.270 e. The molecule has 1 aliphatic rings. The number of carbonyl (C=O) groups excluding carboxylic acids is 2. The van der Waals surface area contributed by atoms with E-state index in [1.165, 1.54) is 31.2 Å². The van der Waals surface area contributed by atoms with Crippen LogP contribution >= 0.6 is 15.9 Å². The molecule has 1 amide bonds. The first-order chi connectivity index (χ1) is 13.3. The minimum Gasteiger partial charge on any atom is -0.366 e. The molecule has 0 N–H and O–H groups in total. The lowest BCUT2D eigenvalue weighted by Crippen LogP contribution is -2.49. The van der Waals surface area contributed by atoms with Crippen LogP contribution in [-0.2, 0) is 0 Å². The van der Waals surface area contributed by atoms with E-state index >= 15 is 0 Å². The Morgan fingerprint density at radius 1 is 1.11 bits per heavy atom. The molecule has 7 nitrogen and oxygen atoms in total. The zero-order chi connectivity index (χ0) is 20.4. The van der Waals surface area contributed by atoms with Gasteiger partial charge in [-0.2, -0.15) is 0 Å². The highest BCUT2D eigenvalue weighted by Crippen LogP contribution is 2.26. The fourth-order valence-electron chi connectivity index (χ4n) is 3.09. The van der Waals surface area contributed by atoms with Gasteiger partial charge in [0, 0.05) is 48.3 Å². The number of amides is 1. The lowest BCUT2D eigenvalue weighted by Gasteiger charge is -2.36. The van der Waals surface area contributed by atoms with Gasteiger partial charge in [0.2, 0.25) is 0 Å². The van der Waals surface area contributed by atoms with Crippen molar-refractivity contribution < 1.29 is 18.9 Å². The standard InChI is InChI=1S/C19H17BrFN3O4/c1-12(25)13-2-5-18(17(21)10-13)22-6-8-23(9-7-22)19(26)15-11-14(24(27)28)3-4-16(15)20/h2-5,10-11H,6-9H2,1H3. The molecule has 1 saturated heterocycles. The van der Waals surface area contributed by atoms with Gasteiger partial charge in [-0.15, -0.1) is 0 Å². The average molecular weight is 450 g/mol. The predicted octanol–water partition coefficient (Wildman–Crippen LogP) is 3.66. The van der Waals surface area contributed by atoms with Crippen LogP contribution in [0.15, 0.2) is 40.9 Å². The number of ketones is 1. The predicted molar refractivity (Wildman–Crippen MR) is 105 cm³/mol. The number of carbonyl (C=O) groups is 2. The van der Waals surface area contributed by atoms with E-state index in [-0.39, 0.29) is 22.9 Å². The summed E-state index contributed by atoms with van der Waals surface area (Å²) >= 11 is 3.27. The number of non-ortho nitro benzene ring substituents is 1. The largest absolute Gasteiger partial charge is 0.366 e. The topological polar surface area (TPSA) is 83.8 Å². The lowest BCUT2D eigenvalue weighted by atomic mass is 10.1. The van der Waals surface area contributed by atoms with Crippen LogP contribution in [0.25, 0.3) is 0 Å². The van der Waals surface area contributed by atoms with E-state index in [0.717, 1.165) is 0 Å². The Morgan fingerprint density at radius 2 is 1.79 bits per heavy atom. The number of Topliss-reactive ketones (excluding diaryl/α,β-unsaturated/α-hetero) is 1. The lowest BCUT2D eigenvalue weighted by molar-refractivity contribution is -0.384. The summed E-state index contributed by atoms with van der Waals surface area (Å²) in [6.45, 7) is 2.90. The number of anilines is 1. The smallest absolute Gasteiger partial charge is 0.270 e. The van der Waals surface area contributed by atoms with Gasteiger partial charge in [-0.25, -0.2) is 4.39 Å². The molecule has 0 radical (unpaired) electrons. The molecule has 1 aliphatic heterocycles. The molecular weight excluding hydrogens is 433 g/mol. The monoisotopic (exact) mass is 449 g/mol. The van der Waals surface area contributed by atoms with Gasteiger partial charge in [0.1, 0.15) is 5.82 Å². The molecule has 1 heterocycles. The third-order valence-corrected chi connectivity index (χ3v) is 5.34. The van der Waals surface area contributed by atoms with Crippen molar-refractivity contribution in [1.29, 1.82) is 0 Å².